The predicted molar refractivity (Wildman–Crippen MR) is 131 cm³/mol. The molecule has 0 saturated carbocycles. The van der Waals surface area contributed by atoms with Crippen molar-refractivity contribution in [1.82, 2.24) is 14.7 Å². The van der Waals surface area contributed by atoms with Gasteiger partial charge in [-0.1, -0.05) is 37.6 Å². The van der Waals surface area contributed by atoms with E-state index in [0.717, 1.165) is 30.4 Å². The molecule has 0 saturated heterocycles. The SMILES string of the molecule is CCCC(C)N(CC(OC)OC)C(=O)CCOCCc1cccc(-c2cnn(C(C)C)c2)c1. The summed E-state index contributed by atoms with van der Waals surface area (Å²) in [6.45, 7) is 9.83. The number of amides is 1. The fourth-order valence-corrected chi connectivity index (χ4v) is 3.78. The largest absolute Gasteiger partial charge is 0.381 e. The van der Waals surface area contributed by atoms with Gasteiger partial charge in [-0.3, -0.25) is 9.48 Å². The van der Waals surface area contributed by atoms with Gasteiger partial charge >= 0.3 is 0 Å². The van der Waals surface area contributed by atoms with Crippen molar-refractivity contribution in [2.45, 2.75) is 71.8 Å². The molecule has 7 nitrogen and oxygen atoms in total. The molecule has 2 rings (SSSR count). The summed E-state index contributed by atoms with van der Waals surface area (Å²) in [5, 5.41) is 4.43. The van der Waals surface area contributed by atoms with E-state index in [0.29, 0.717) is 32.2 Å². The van der Waals surface area contributed by atoms with Crippen molar-refractivity contribution in [2.75, 3.05) is 34.0 Å². The average Bonchev–Trinajstić information content (AvgIpc) is 3.31. The van der Waals surface area contributed by atoms with Crippen molar-refractivity contribution in [1.29, 1.82) is 0 Å². The first-order valence-corrected chi connectivity index (χ1v) is 12.0. The second-order valence-electron chi connectivity index (χ2n) is 8.70. The summed E-state index contributed by atoms with van der Waals surface area (Å²) in [4.78, 5) is 14.7. The number of rotatable bonds is 15. The second kappa shape index (κ2) is 14.1. The van der Waals surface area contributed by atoms with Crippen LogP contribution in [0.1, 0.15) is 58.6 Å². The lowest BCUT2D eigenvalue weighted by molar-refractivity contribution is -0.150. The first-order valence-electron chi connectivity index (χ1n) is 12.0. The van der Waals surface area contributed by atoms with Crippen molar-refractivity contribution in [3.8, 4) is 11.1 Å². The highest BCUT2D eigenvalue weighted by Crippen LogP contribution is 2.21. The lowest BCUT2D eigenvalue weighted by Crippen LogP contribution is -2.44. The summed E-state index contributed by atoms with van der Waals surface area (Å²) in [5.74, 6) is 0.0687. The van der Waals surface area contributed by atoms with Crippen molar-refractivity contribution in [3.05, 3.63) is 42.2 Å². The van der Waals surface area contributed by atoms with E-state index in [1.54, 1.807) is 14.2 Å². The molecule has 7 heteroatoms. The Morgan fingerprint density at radius 2 is 1.88 bits per heavy atom. The van der Waals surface area contributed by atoms with E-state index in [1.165, 1.54) is 5.56 Å². The third kappa shape index (κ3) is 8.57. The zero-order valence-corrected chi connectivity index (χ0v) is 21.1. The molecule has 0 spiro atoms. The Morgan fingerprint density at radius 3 is 2.52 bits per heavy atom. The highest BCUT2D eigenvalue weighted by atomic mass is 16.7. The number of ether oxygens (including phenoxy) is 3. The first-order chi connectivity index (χ1) is 15.9. The zero-order chi connectivity index (χ0) is 24.2. The quantitative estimate of drug-likeness (QED) is 0.285. The lowest BCUT2D eigenvalue weighted by Gasteiger charge is -2.31. The molecular weight excluding hydrogens is 418 g/mol. The van der Waals surface area contributed by atoms with Crippen LogP contribution in [0.5, 0.6) is 0 Å². The van der Waals surface area contributed by atoms with E-state index >= 15 is 0 Å². The highest BCUT2D eigenvalue weighted by molar-refractivity contribution is 5.76. The van der Waals surface area contributed by atoms with Gasteiger partial charge < -0.3 is 19.1 Å². The molecule has 0 N–H and O–H groups in total. The number of carbonyl (C=O) groups excluding carboxylic acids is 1. The maximum atomic E-state index is 12.8. The van der Waals surface area contributed by atoms with Crippen LogP contribution in [0, 0.1) is 0 Å². The minimum Gasteiger partial charge on any atom is -0.381 e. The number of nitrogens with zero attached hydrogens (tertiary/aromatic N) is 3. The number of carbonyl (C=O) groups is 1. The van der Waals surface area contributed by atoms with E-state index in [9.17, 15) is 4.79 Å². The van der Waals surface area contributed by atoms with Gasteiger partial charge in [0.25, 0.3) is 0 Å². The van der Waals surface area contributed by atoms with Crippen LogP contribution >= 0.6 is 0 Å². The molecular formula is C26H41N3O4. The smallest absolute Gasteiger partial charge is 0.225 e. The Hall–Kier alpha value is -2.22. The summed E-state index contributed by atoms with van der Waals surface area (Å²) >= 11 is 0. The van der Waals surface area contributed by atoms with Crippen LogP contribution in [0.2, 0.25) is 0 Å². The van der Waals surface area contributed by atoms with Gasteiger partial charge in [0.2, 0.25) is 5.91 Å². The van der Waals surface area contributed by atoms with E-state index in [2.05, 4.69) is 63.3 Å². The van der Waals surface area contributed by atoms with Crippen LogP contribution in [-0.2, 0) is 25.4 Å². The molecule has 1 amide bonds. The van der Waals surface area contributed by atoms with E-state index in [1.807, 2.05) is 15.8 Å². The number of hydrogen-bond donors (Lipinski definition) is 0. The molecule has 0 aliphatic rings. The van der Waals surface area contributed by atoms with Gasteiger partial charge in [-0.2, -0.15) is 5.10 Å². The van der Waals surface area contributed by atoms with E-state index < -0.39 is 6.29 Å². The Morgan fingerprint density at radius 1 is 1.12 bits per heavy atom. The molecule has 184 valence electrons. The lowest BCUT2D eigenvalue weighted by atomic mass is 10.0. The maximum Gasteiger partial charge on any atom is 0.225 e. The van der Waals surface area contributed by atoms with Gasteiger partial charge in [-0.25, -0.2) is 0 Å². The van der Waals surface area contributed by atoms with Crippen molar-refractivity contribution < 1.29 is 19.0 Å². The van der Waals surface area contributed by atoms with Crippen molar-refractivity contribution in [3.63, 3.8) is 0 Å². The van der Waals surface area contributed by atoms with Crippen LogP contribution in [0.25, 0.3) is 11.1 Å². The van der Waals surface area contributed by atoms with Gasteiger partial charge in [0, 0.05) is 38.1 Å². The summed E-state index contributed by atoms with van der Waals surface area (Å²) < 4.78 is 18.4. The van der Waals surface area contributed by atoms with Crippen LogP contribution in [0.3, 0.4) is 0 Å². The molecule has 0 bridgehead atoms. The van der Waals surface area contributed by atoms with Crippen LogP contribution in [0.15, 0.2) is 36.7 Å². The Bertz CT molecular complexity index is 832. The maximum absolute atomic E-state index is 12.8. The zero-order valence-electron chi connectivity index (χ0n) is 21.1. The summed E-state index contributed by atoms with van der Waals surface area (Å²) in [5.41, 5.74) is 3.47. The van der Waals surface area contributed by atoms with Crippen LogP contribution < -0.4 is 0 Å². The van der Waals surface area contributed by atoms with Crippen molar-refractivity contribution >= 4 is 5.91 Å². The van der Waals surface area contributed by atoms with Crippen LogP contribution in [-0.4, -0.2) is 66.9 Å². The third-order valence-electron chi connectivity index (χ3n) is 5.82. The van der Waals surface area contributed by atoms with Crippen molar-refractivity contribution in [2.24, 2.45) is 0 Å². The number of methoxy groups -OCH3 is 2. The fourth-order valence-electron chi connectivity index (χ4n) is 3.78. The number of benzene rings is 1. The molecule has 1 unspecified atom stereocenters. The molecule has 0 radical (unpaired) electrons. The molecule has 0 fully saturated rings. The third-order valence-corrected chi connectivity index (χ3v) is 5.82. The minimum atomic E-state index is -0.422. The molecule has 0 aliphatic carbocycles. The summed E-state index contributed by atoms with van der Waals surface area (Å²) in [7, 11) is 3.19. The summed E-state index contributed by atoms with van der Waals surface area (Å²) in [6, 6.07) is 8.93. The monoisotopic (exact) mass is 459 g/mol. The standard InChI is InChI=1S/C26H41N3O4/c1-7-9-21(4)28(19-26(31-5)32-6)25(30)13-15-33-14-12-22-10-8-11-23(16-22)24-17-27-29(18-24)20(2)3/h8,10-11,16-18,20-21,26H,7,9,12-15,19H2,1-6H3. The van der Waals surface area contributed by atoms with Gasteiger partial charge in [0.15, 0.2) is 6.29 Å². The van der Waals surface area contributed by atoms with Gasteiger partial charge in [0.05, 0.1) is 32.4 Å². The Balaban J connectivity index is 1.83. The second-order valence-corrected chi connectivity index (χ2v) is 8.70. The Kier molecular flexibility index (Phi) is 11.6. The molecule has 1 atom stereocenters. The van der Waals surface area contributed by atoms with Gasteiger partial charge in [-0.05, 0) is 44.7 Å². The number of hydrogen-bond acceptors (Lipinski definition) is 5. The fraction of sp³-hybridized carbons (Fsp3) is 0.615. The molecule has 1 heterocycles. The molecule has 2 aromatic rings. The van der Waals surface area contributed by atoms with Gasteiger partial charge in [-0.15, -0.1) is 0 Å². The normalized spacial score (nSPS) is 12.5. The van der Waals surface area contributed by atoms with E-state index in [4.69, 9.17) is 14.2 Å². The highest BCUT2D eigenvalue weighted by Gasteiger charge is 2.23. The Labute approximate surface area is 199 Å². The topological polar surface area (TPSA) is 65.8 Å². The number of aromatic nitrogens is 2. The molecule has 33 heavy (non-hydrogen) atoms. The van der Waals surface area contributed by atoms with Gasteiger partial charge in [0.1, 0.15) is 0 Å². The molecule has 1 aromatic carbocycles. The molecule has 0 aliphatic heterocycles. The minimum absolute atomic E-state index is 0.0687. The molecule has 1 aromatic heterocycles. The first kappa shape index (κ1) is 27.0. The predicted octanol–water partition coefficient (Wildman–Crippen LogP) is 4.72. The average molecular weight is 460 g/mol. The summed E-state index contributed by atoms with van der Waals surface area (Å²) in [6.07, 6.45) is 6.67. The van der Waals surface area contributed by atoms with E-state index in [-0.39, 0.29) is 11.9 Å². The van der Waals surface area contributed by atoms with Crippen LogP contribution in [0.4, 0.5) is 0 Å².